The van der Waals surface area contributed by atoms with Gasteiger partial charge in [-0.1, -0.05) is 11.8 Å². The maximum Gasteiger partial charge on any atom is 0.118 e. The second-order valence-electron chi connectivity index (χ2n) is 5.13. The van der Waals surface area contributed by atoms with E-state index in [4.69, 9.17) is 9.47 Å². The zero-order valence-corrected chi connectivity index (χ0v) is 13.9. The van der Waals surface area contributed by atoms with Crippen LogP contribution in [0, 0.1) is 17.8 Å². The molecule has 1 aliphatic heterocycles. The van der Waals surface area contributed by atoms with E-state index < -0.39 is 6.10 Å². The standard InChI is InChI=1S/C16H20BrNO3/c1-11(20-2)16-14(17)9-12(10-18-16)3-4-15(19)13-5-7-21-8-6-13/h9-11,13,15,19H,5-8H2,1-2H3/t11-,15?/m0/s1. The predicted molar refractivity (Wildman–Crippen MR) is 83.8 cm³/mol. The van der Waals surface area contributed by atoms with E-state index in [-0.39, 0.29) is 12.0 Å². The lowest BCUT2D eigenvalue weighted by Gasteiger charge is -2.23. The molecule has 0 aliphatic carbocycles. The average molecular weight is 354 g/mol. The van der Waals surface area contributed by atoms with Gasteiger partial charge in [-0.15, -0.1) is 0 Å². The van der Waals surface area contributed by atoms with Crippen LogP contribution in [0.2, 0.25) is 0 Å². The summed E-state index contributed by atoms with van der Waals surface area (Å²) in [7, 11) is 1.65. The molecule has 2 heterocycles. The molecule has 114 valence electrons. The van der Waals surface area contributed by atoms with Crippen LogP contribution < -0.4 is 0 Å². The number of pyridine rings is 1. The van der Waals surface area contributed by atoms with Crippen molar-refractivity contribution >= 4 is 15.9 Å². The first-order valence-corrected chi connectivity index (χ1v) is 7.86. The lowest BCUT2D eigenvalue weighted by atomic mass is 9.94. The topological polar surface area (TPSA) is 51.6 Å². The highest BCUT2D eigenvalue weighted by atomic mass is 79.9. The summed E-state index contributed by atoms with van der Waals surface area (Å²) in [6.07, 6.45) is 2.75. The Morgan fingerprint density at radius 1 is 1.48 bits per heavy atom. The molecule has 1 aliphatic rings. The molecular formula is C16H20BrNO3. The number of hydrogen-bond donors (Lipinski definition) is 1. The van der Waals surface area contributed by atoms with Crippen molar-refractivity contribution in [1.29, 1.82) is 0 Å². The third-order valence-corrected chi connectivity index (χ3v) is 4.32. The Balaban J connectivity index is 2.06. The Hall–Kier alpha value is -0.930. The predicted octanol–water partition coefficient (Wildman–Crippen LogP) is 2.69. The summed E-state index contributed by atoms with van der Waals surface area (Å²) in [6.45, 7) is 3.35. The SMILES string of the molecule is CO[C@@H](C)c1ncc(C#CC(O)C2CCOCC2)cc1Br. The molecule has 21 heavy (non-hydrogen) atoms. The van der Waals surface area contributed by atoms with Crippen molar-refractivity contribution in [3.05, 3.63) is 28.0 Å². The van der Waals surface area contributed by atoms with Crippen LogP contribution in [0.1, 0.15) is 37.1 Å². The second-order valence-corrected chi connectivity index (χ2v) is 5.99. The third-order valence-electron chi connectivity index (χ3n) is 3.69. The van der Waals surface area contributed by atoms with Gasteiger partial charge in [-0.2, -0.15) is 0 Å². The zero-order valence-electron chi connectivity index (χ0n) is 12.3. The van der Waals surface area contributed by atoms with Gasteiger partial charge in [-0.3, -0.25) is 4.98 Å². The van der Waals surface area contributed by atoms with Gasteiger partial charge < -0.3 is 14.6 Å². The molecule has 5 heteroatoms. The minimum Gasteiger partial charge on any atom is -0.381 e. The summed E-state index contributed by atoms with van der Waals surface area (Å²) in [4.78, 5) is 4.36. The van der Waals surface area contributed by atoms with Crippen LogP contribution in [0.4, 0.5) is 0 Å². The number of halogens is 1. The molecule has 0 amide bonds. The maximum atomic E-state index is 10.1. The summed E-state index contributed by atoms with van der Waals surface area (Å²) >= 11 is 3.48. The van der Waals surface area contributed by atoms with Gasteiger partial charge in [-0.25, -0.2) is 0 Å². The van der Waals surface area contributed by atoms with Crippen molar-refractivity contribution in [3.8, 4) is 11.8 Å². The quantitative estimate of drug-likeness (QED) is 0.848. The summed E-state index contributed by atoms with van der Waals surface area (Å²) in [5.41, 5.74) is 1.62. The molecule has 1 saturated heterocycles. The Bertz CT molecular complexity index is 532. The van der Waals surface area contributed by atoms with E-state index in [1.807, 2.05) is 13.0 Å². The molecule has 0 saturated carbocycles. The first-order chi connectivity index (χ1) is 10.1. The van der Waals surface area contributed by atoms with Gasteiger partial charge in [0, 0.05) is 42.5 Å². The van der Waals surface area contributed by atoms with Gasteiger partial charge in [0.2, 0.25) is 0 Å². The van der Waals surface area contributed by atoms with Crippen LogP contribution in [0.15, 0.2) is 16.7 Å². The maximum absolute atomic E-state index is 10.1. The second kappa shape index (κ2) is 7.90. The normalized spacial score (nSPS) is 18.7. The zero-order chi connectivity index (χ0) is 15.2. The number of aliphatic hydroxyl groups is 1. The molecule has 1 aromatic rings. The van der Waals surface area contributed by atoms with Crippen molar-refractivity contribution in [2.75, 3.05) is 20.3 Å². The fourth-order valence-corrected chi connectivity index (χ4v) is 2.91. The molecule has 2 rings (SSSR count). The Kier molecular flexibility index (Phi) is 6.19. The highest BCUT2D eigenvalue weighted by Gasteiger charge is 2.20. The van der Waals surface area contributed by atoms with Crippen LogP contribution >= 0.6 is 15.9 Å². The largest absolute Gasteiger partial charge is 0.381 e. The summed E-state index contributed by atoms with van der Waals surface area (Å²) in [5, 5.41) is 10.1. The van der Waals surface area contributed by atoms with Crippen molar-refractivity contribution in [2.45, 2.75) is 32.0 Å². The molecule has 0 aromatic carbocycles. The summed E-state index contributed by atoms with van der Waals surface area (Å²) in [6, 6.07) is 1.90. The minimum atomic E-state index is -0.606. The molecule has 0 spiro atoms. The van der Waals surface area contributed by atoms with Crippen LogP contribution in [0.3, 0.4) is 0 Å². The van der Waals surface area contributed by atoms with E-state index in [1.165, 1.54) is 0 Å². The van der Waals surface area contributed by atoms with Crippen molar-refractivity contribution in [3.63, 3.8) is 0 Å². The van der Waals surface area contributed by atoms with E-state index in [2.05, 4.69) is 32.8 Å². The van der Waals surface area contributed by atoms with Crippen molar-refractivity contribution in [1.82, 2.24) is 4.98 Å². The lowest BCUT2D eigenvalue weighted by Crippen LogP contribution is -2.26. The molecular weight excluding hydrogens is 334 g/mol. The monoisotopic (exact) mass is 353 g/mol. The van der Waals surface area contributed by atoms with Crippen LogP contribution in [0.5, 0.6) is 0 Å². The van der Waals surface area contributed by atoms with Gasteiger partial charge in [0.15, 0.2) is 0 Å². The average Bonchev–Trinajstić information content (AvgIpc) is 2.52. The Labute approximate surface area is 134 Å². The van der Waals surface area contributed by atoms with Gasteiger partial charge >= 0.3 is 0 Å². The lowest BCUT2D eigenvalue weighted by molar-refractivity contribution is 0.0276. The van der Waals surface area contributed by atoms with E-state index >= 15 is 0 Å². The molecule has 1 unspecified atom stereocenters. The number of nitrogens with zero attached hydrogens (tertiary/aromatic N) is 1. The van der Waals surface area contributed by atoms with Crippen LogP contribution in [-0.4, -0.2) is 36.5 Å². The number of hydrogen-bond acceptors (Lipinski definition) is 4. The fraction of sp³-hybridized carbons (Fsp3) is 0.562. The molecule has 0 bridgehead atoms. The first kappa shape index (κ1) is 16.4. The smallest absolute Gasteiger partial charge is 0.118 e. The highest BCUT2D eigenvalue weighted by molar-refractivity contribution is 9.10. The summed E-state index contributed by atoms with van der Waals surface area (Å²) in [5.74, 6) is 6.11. The van der Waals surface area contributed by atoms with E-state index in [0.29, 0.717) is 13.2 Å². The minimum absolute atomic E-state index is 0.0748. The molecule has 1 fully saturated rings. The van der Waals surface area contributed by atoms with E-state index in [1.54, 1.807) is 13.3 Å². The third kappa shape index (κ3) is 4.52. The van der Waals surface area contributed by atoms with Crippen LogP contribution in [-0.2, 0) is 9.47 Å². The number of rotatable bonds is 3. The summed E-state index contributed by atoms with van der Waals surface area (Å²) < 4.78 is 11.4. The molecule has 0 radical (unpaired) electrons. The first-order valence-electron chi connectivity index (χ1n) is 7.07. The van der Waals surface area contributed by atoms with Crippen molar-refractivity contribution in [2.24, 2.45) is 5.92 Å². The van der Waals surface area contributed by atoms with Gasteiger partial charge in [-0.05, 0) is 41.8 Å². The molecule has 2 atom stereocenters. The van der Waals surface area contributed by atoms with Crippen LogP contribution in [0.25, 0.3) is 0 Å². The molecule has 1 aromatic heterocycles. The van der Waals surface area contributed by atoms with Crippen molar-refractivity contribution < 1.29 is 14.6 Å². The number of aliphatic hydroxyl groups excluding tert-OH is 1. The van der Waals surface area contributed by atoms with E-state index in [9.17, 15) is 5.11 Å². The highest BCUT2D eigenvalue weighted by Crippen LogP contribution is 2.24. The van der Waals surface area contributed by atoms with E-state index in [0.717, 1.165) is 28.6 Å². The molecule has 1 N–H and O–H groups in total. The Morgan fingerprint density at radius 3 is 2.81 bits per heavy atom. The van der Waals surface area contributed by atoms with Gasteiger partial charge in [0.25, 0.3) is 0 Å². The van der Waals surface area contributed by atoms with Gasteiger partial charge in [0.05, 0.1) is 11.8 Å². The van der Waals surface area contributed by atoms with Gasteiger partial charge in [0.1, 0.15) is 6.10 Å². The number of aromatic nitrogens is 1. The number of ether oxygens (including phenoxy) is 2. The fourth-order valence-electron chi connectivity index (χ4n) is 2.23. The molecule has 4 nitrogen and oxygen atoms in total. The number of methoxy groups -OCH3 is 1. The Morgan fingerprint density at radius 2 is 2.19 bits per heavy atom.